The van der Waals surface area contributed by atoms with Crippen molar-refractivity contribution in [1.29, 1.82) is 0 Å². The first-order chi connectivity index (χ1) is 61.1. The molecular formula is C88H100Cl2N10O28. The maximum absolute atomic E-state index is 16.8. The molecule has 0 spiro atoms. The molecule has 18 atom stereocenters. The van der Waals surface area contributed by atoms with E-state index in [0.29, 0.717) is 25.3 Å². The van der Waals surface area contributed by atoms with E-state index in [1.54, 1.807) is 19.0 Å². The van der Waals surface area contributed by atoms with Crippen LogP contribution in [-0.4, -0.2) is 234 Å². The van der Waals surface area contributed by atoms with Gasteiger partial charge in [0.05, 0.1) is 16.7 Å². The van der Waals surface area contributed by atoms with Gasteiger partial charge in [-0.05, 0) is 153 Å². The Kier molecular flexibility index (Phi) is 29.7. The first-order valence-electron chi connectivity index (χ1n) is 41.5. The standard InChI is InChI=1S/C88H100Cl2N10O28/c1-38(2)13-10-8-6-7-9-11-14-61(106)94-70-73(109)75(111)78(86(120)121)128-87(70)127-77-58-31-43-32-59(77)124-55-23-19-42(29-50(55)89)71(107)69-85(119)98-67(80(114)92-25-12-26-100(4)5)48-33-44(102)34-57(125-88-76(112)74(110)72(108)60(37-101)126-88)62(48)47-28-40(17-22-52(47)103)65(82(116)99-69)95-83(117)66(43)96-84(118)68-49-35-46(36-54(105)63(49)90)123-56-24-18-41(30-53(56)104)64(91-3)81(115)93-51(79(113)97-68)27-39-15-20-45(122-58)21-16-39/h15-24,28-36,38,51,60,64-76,78,87-88,91,101-105,107-112H,6-14,25-27,37H2,1-5H3,(H,92,114)(H,93,115)(H,94,106)(H,95,117)(H,96,118)(H,97,113)(H,98,119)(H,99,116)(H,120,121). The molecule has 684 valence electrons. The quantitative estimate of drug-likeness (QED) is 0.0423. The van der Waals surface area contributed by atoms with Gasteiger partial charge in [-0.15, -0.1) is 0 Å². The van der Waals surface area contributed by atoms with E-state index < -0.39 is 271 Å². The molecule has 9 heterocycles. The average Bonchev–Trinajstić information content (AvgIpc) is 0.852. The molecule has 128 heavy (non-hydrogen) atoms. The van der Waals surface area contributed by atoms with Gasteiger partial charge in [0, 0.05) is 48.2 Å². The van der Waals surface area contributed by atoms with Gasteiger partial charge in [0.2, 0.25) is 65.6 Å². The van der Waals surface area contributed by atoms with Gasteiger partial charge in [-0.1, -0.05) is 106 Å². The zero-order chi connectivity index (χ0) is 92.0. The van der Waals surface area contributed by atoms with Crippen LogP contribution in [0.25, 0.3) is 11.1 Å². The third-order valence-corrected chi connectivity index (χ3v) is 23.4. The number of rotatable bonds is 22. The molecule has 7 aromatic carbocycles. The summed E-state index contributed by atoms with van der Waals surface area (Å²) in [5, 5.41) is 161. The molecular weight excluding hydrogens is 1720 g/mol. The van der Waals surface area contributed by atoms with Crippen LogP contribution in [0.4, 0.5) is 0 Å². The van der Waals surface area contributed by atoms with Crippen LogP contribution in [0.1, 0.15) is 147 Å². The molecule has 16 rings (SSSR count). The van der Waals surface area contributed by atoms with Crippen LogP contribution < -0.4 is 71.5 Å². The Morgan fingerprint density at radius 1 is 0.562 bits per heavy atom. The minimum atomic E-state index is -2.45. The highest BCUT2D eigenvalue weighted by atomic mass is 35.5. The molecule has 0 saturated carbocycles. The van der Waals surface area contributed by atoms with Crippen molar-refractivity contribution in [3.8, 4) is 80.1 Å². The maximum atomic E-state index is 16.8. The highest BCUT2D eigenvalue weighted by Crippen LogP contribution is 2.51. The predicted octanol–water partition coefficient (Wildman–Crippen LogP) is 4.17. The van der Waals surface area contributed by atoms with Crippen LogP contribution >= 0.6 is 23.2 Å². The van der Waals surface area contributed by atoms with E-state index >= 15 is 28.8 Å². The van der Waals surface area contributed by atoms with E-state index in [1.807, 2.05) is 0 Å². The monoisotopic (exact) mass is 1810 g/mol. The fourth-order valence-corrected chi connectivity index (χ4v) is 16.4. The first kappa shape index (κ1) is 93.7. The largest absolute Gasteiger partial charge is 0.508 e. The fourth-order valence-electron chi connectivity index (χ4n) is 15.9. The second-order valence-corrected chi connectivity index (χ2v) is 33.5. The Morgan fingerprint density at radius 3 is 1.91 bits per heavy atom. The summed E-state index contributed by atoms with van der Waals surface area (Å²) in [7, 11) is 4.95. The summed E-state index contributed by atoms with van der Waals surface area (Å²) in [6.45, 7) is 3.61. The second kappa shape index (κ2) is 40.6. The smallest absolute Gasteiger partial charge is 0.335 e. The number of aromatic hydroxyl groups is 4. The number of ether oxygens (including phenoxy) is 7. The van der Waals surface area contributed by atoms with Crippen molar-refractivity contribution in [2.45, 2.75) is 188 Å². The zero-order valence-corrected chi connectivity index (χ0v) is 71.2. The van der Waals surface area contributed by atoms with Crippen LogP contribution in [0.5, 0.6) is 69.0 Å². The van der Waals surface area contributed by atoms with E-state index in [1.165, 1.54) is 49.5 Å². The van der Waals surface area contributed by atoms with Gasteiger partial charge in [0.1, 0.15) is 131 Å². The van der Waals surface area contributed by atoms with Crippen molar-refractivity contribution in [3.63, 3.8) is 0 Å². The number of carboxylic acids is 1. The summed E-state index contributed by atoms with van der Waals surface area (Å²) in [5.41, 5.74) is -2.72. The van der Waals surface area contributed by atoms with Gasteiger partial charge < -0.3 is 147 Å². The molecule has 0 aliphatic carbocycles. The lowest BCUT2D eigenvalue weighted by Crippen LogP contribution is -2.66. The highest BCUT2D eigenvalue weighted by Gasteiger charge is 2.52. The number of aliphatic carboxylic acids is 1. The minimum Gasteiger partial charge on any atom is -0.508 e. The summed E-state index contributed by atoms with van der Waals surface area (Å²) in [5.74, 6) is -17.5. The van der Waals surface area contributed by atoms with Crippen molar-refractivity contribution in [2.75, 3.05) is 40.8 Å². The molecule has 2 fully saturated rings. The summed E-state index contributed by atoms with van der Waals surface area (Å²) in [6.07, 6.45) is -15.8. The van der Waals surface area contributed by atoms with Gasteiger partial charge in [0.25, 0.3) is 0 Å². The molecule has 18 unspecified atom stereocenters. The number of carboxylic acid groups (broad SMARTS) is 1. The van der Waals surface area contributed by atoms with Crippen molar-refractivity contribution in [3.05, 3.63) is 164 Å². The number of carbonyl (C=O) groups excluding carboxylic acids is 8. The summed E-state index contributed by atoms with van der Waals surface area (Å²) < 4.78 is 44.4. The van der Waals surface area contributed by atoms with Gasteiger partial charge in [-0.25, -0.2) is 4.79 Å². The third kappa shape index (κ3) is 21.1. The fraction of sp³-hybridized carbons (Fsp3) is 0.420. The number of phenols is 4. The van der Waals surface area contributed by atoms with E-state index in [4.69, 9.17) is 56.4 Å². The van der Waals surface area contributed by atoms with Gasteiger partial charge in [-0.2, -0.15) is 0 Å². The Hall–Kier alpha value is -11.9. The Morgan fingerprint density at radius 2 is 1.22 bits per heavy atom. The topological polar surface area (TPSA) is 573 Å². The maximum Gasteiger partial charge on any atom is 0.335 e. The van der Waals surface area contributed by atoms with E-state index in [-0.39, 0.29) is 53.3 Å². The lowest BCUT2D eigenvalue weighted by Gasteiger charge is -2.41. The van der Waals surface area contributed by atoms with Crippen LogP contribution in [0.3, 0.4) is 0 Å². The number of carbonyl (C=O) groups is 9. The van der Waals surface area contributed by atoms with E-state index in [9.17, 15) is 75.7 Å². The molecule has 0 radical (unpaired) electrons. The number of nitrogens with zero attached hydrogens (tertiary/aromatic N) is 1. The van der Waals surface area contributed by atoms with Gasteiger partial charge in [-0.3, -0.25) is 38.4 Å². The number of halogens is 2. The zero-order valence-electron chi connectivity index (χ0n) is 69.7. The number of benzene rings is 7. The Balaban J connectivity index is 1.04. The molecule has 17 bridgehead atoms. The van der Waals surface area contributed by atoms with Crippen LogP contribution in [0, 0.1) is 5.92 Å². The number of aliphatic hydroxyl groups excluding tert-OH is 7. The molecule has 2 saturated heterocycles. The predicted molar refractivity (Wildman–Crippen MR) is 452 cm³/mol. The van der Waals surface area contributed by atoms with Crippen LogP contribution in [-0.2, 0) is 59.0 Å². The number of phenolic OH excluding ortho intramolecular Hbond substituents is 4. The SMILES string of the molecule is CNC1C(=O)NC2Cc3ccc(cc3)Oc3cc4cc(c3OC3OC(C(=O)O)C(O)C(O)C3NC(=O)CCCCCCCCC(C)C)Oc3ccc(cc3Cl)C(O)C3NC(=O)C(NC(=O)C4NC(=O)C(NC2=O)c2cc(cc(O)c2Cl)Oc2ccc1cc2O)c1ccc(O)c(c1)-c1c(OC2OC(CO)C(O)C(O)C2O)cc(O)cc1C(C(=O)NCCCN(C)C)NC3=O. The van der Waals surface area contributed by atoms with Crippen LogP contribution in [0.2, 0.25) is 10.0 Å². The van der Waals surface area contributed by atoms with E-state index in [0.717, 1.165) is 105 Å². The molecule has 0 aromatic heterocycles. The molecule has 9 aliphatic heterocycles. The lowest BCUT2D eigenvalue weighted by molar-refractivity contribution is -0.277. The van der Waals surface area contributed by atoms with Crippen LogP contribution in [0.15, 0.2) is 115 Å². The number of fused-ring (bicyclic) bond motifs is 14. The summed E-state index contributed by atoms with van der Waals surface area (Å²) in [6, 6.07) is 5.66. The molecule has 8 amide bonds. The number of likely N-dealkylation sites (N-methyl/N-ethyl adjacent to an activating group) is 1. The number of amides is 8. The van der Waals surface area contributed by atoms with Crippen molar-refractivity contribution in [1.82, 2.24) is 52.8 Å². The normalized spacial score (nSPS) is 25.8. The highest BCUT2D eigenvalue weighted by molar-refractivity contribution is 6.33. The second-order valence-electron chi connectivity index (χ2n) is 32.7. The lowest BCUT2D eigenvalue weighted by atomic mass is 9.89. The average molecular weight is 1820 g/mol. The third-order valence-electron chi connectivity index (χ3n) is 22.7. The molecule has 7 aromatic rings. The van der Waals surface area contributed by atoms with Crippen molar-refractivity contribution < 1.29 is 138 Å². The number of hydrogen-bond donors (Lipinski definition) is 21. The molecule has 21 N–H and O–H groups in total. The molecule has 38 nitrogen and oxygen atoms in total. The van der Waals surface area contributed by atoms with Crippen molar-refractivity contribution >= 4 is 76.4 Å². The van der Waals surface area contributed by atoms with Crippen molar-refractivity contribution in [2.24, 2.45) is 5.92 Å². The number of hydrogen-bond acceptors (Lipinski definition) is 29. The molecule has 40 heteroatoms. The number of nitrogens with one attached hydrogen (secondary N) is 9. The summed E-state index contributed by atoms with van der Waals surface area (Å²) in [4.78, 5) is 140. The first-order valence-corrected chi connectivity index (χ1v) is 42.3. The summed E-state index contributed by atoms with van der Waals surface area (Å²) >= 11 is 14.3. The van der Waals surface area contributed by atoms with E-state index in [2.05, 4.69) is 61.7 Å². The number of unbranched alkanes of at least 4 members (excludes halogenated alkanes) is 5. The van der Waals surface area contributed by atoms with Gasteiger partial charge >= 0.3 is 5.97 Å². The molecule has 9 aliphatic rings. The minimum absolute atomic E-state index is 0.0944. The number of aliphatic hydroxyl groups is 7. The Bertz CT molecular complexity index is 5340. The Labute approximate surface area is 742 Å². The van der Waals surface area contributed by atoms with Gasteiger partial charge in [0.15, 0.2) is 29.1 Å².